The molecule has 0 bridgehead atoms. The maximum Gasteiger partial charge on any atom is 0.224 e. The van der Waals surface area contributed by atoms with Crippen LogP contribution in [0.2, 0.25) is 5.02 Å². The number of likely N-dealkylation sites (tertiary alicyclic amines) is 1. The van der Waals surface area contributed by atoms with Crippen LogP contribution in [-0.2, 0) is 14.3 Å². The van der Waals surface area contributed by atoms with Crippen LogP contribution in [0.3, 0.4) is 0 Å². The van der Waals surface area contributed by atoms with Crippen LogP contribution in [0.25, 0.3) is 0 Å². The van der Waals surface area contributed by atoms with Crippen molar-refractivity contribution in [2.24, 2.45) is 0 Å². The number of carbonyl (C=O) groups excluding carboxylic acids is 1. The molecule has 6 heteroatoms. The molecule has 1 aromatic carbocycles. The SMILES string of the molecule is CN1C(=O)C[C@@H](NCCC2OCCO2)[C@H]1c1ccc(Cl)cc1. The lowest BCUT2D eigenvalue weighted by Crippen LogP contribution is -2.36. The molecule has 2 atom stereocenters. The Morgan fingerprint density at radius 1 is 1.27 bits per heavy atom. The topological polar surface area (TPSA) is 50.8 Å². The van der Waals surface area contributed by atoms with Crippen LogP contribution in [0, 0.1) is 0 Å². The molecule has 2 aliphatic rings. The third-order valence-corrected chi connectivity index (χ3v) is 4.53. The van der Waals surface area contributed by atoms with Crippen LogP contribution < -0.4 is 5.32 Å². The van der Waals surface area contributed by atoms with Gasteiger partial charge in [0, 0.05) is 37.5 Å². The van der Waals surface area contributed by atoms with E-state index in [1.54, 1.807) is 0 Å². The number of rotatable bonds is 5. The monoisotopic (exact) mass is 324 g/mol. The average Bonchev–Trinajstić information content (AvgIpc) is 3.10. The fourth-order valence-electron chi connectivity index (χ4n) is 3.13. The molecule has 1 N–H and O–H groups in total. The zero-order chi connectivity index (χ0) is 15.5. The Bertz CT molecular complexity index is 517. The predicted octanol–water partition coefficient (Wildman–Crippen LogP) is 1.96. The van der Waals surface area contributed by atoms with E-state index in [0.717, 1.165) is 18.5 Å². The van der Waals surface area contributed by atoms with Gasteiger partial charge in [0.25, 0.3) is 0 Å². The summed E-state index contributed by atoms with van der Waals surface area (Å²) in [7, 11) is 1.85. The zero-order valence-electron chi connectivity index (χ0n) is 12.6. The first kappa shape index (κ1) is 15.7. The van der Waals surface area contributed by atoms with E-state index in [0.29, 0.717) is 24.7 Å². The Morgan fingerprint density at radius 3 is 2.64 bits per heavy atom. The van der Waals surface area contributed by atoms with Crippen molar-refractivity contribution in [3.8, 4) is 0 Å². The number of hydrogen-bond donors (Lipinski definition) is 1. The van der Waals surface area contributed by atoms with Gasteiger partial charge in [-0.25, -0.2) is 0 Å². The molecule has 3 rings (SSSR count). The number of amides is 1. The van der Waals surface area contributed by atoms with Gasteiger partial charge in [0.15, 0.2) is 6.29 Å². The number of halogens is 1. The molecular weight excluding hydrogens is 304 g/mol. The Morgan fingerprint density at radius 2 is 1.95 bits per heavy atom. The quantitative estimate of drug-likeness (QED) is 0.899. The second kappa shape index (κ2) is 6.96. The third kappa shape index (κ3) is 3.43. The van der Waals surface area contributed by atoms with Gasteiger partial charge in [-0.1, -0.05) is 23.7 Å². The van der Waals surface area contributed by atoms with E-state index >= 15 is 0 Å². The van der Waals surface area contributed by atoms with Gasteiger partial charge >= 0.3 is 0 Å². The number of hydrogen-bond acceptors (Lipinski definition) is 4. The maximum absolute atomic E-state index is 12.1. The molecule has 1 aromatic rings. The van der Waals surface area contributed by atoms with E-state index in [2.05, 4.69) is 5.32 Å². The highest BCUT2D eigenvalue weighted by atomic mass is 35.5. The minimum atomic E-state index is -0.115. The molecular formula is C16H21ClN2O3. The summed E-state index contributed by atoms with van der Waals surface area (Å²) >= 11 is 5.95. The highest BCUT2D eigenvalue weighted by Gasteiger charge is 2.38. The summed E-state index contributed by atoms with van der Waals surface area (Å²) in [5, 5.41) is 4.18. The number of nitrogens with one attached hydrogen (secondary N) is 1. The first-order valence-electron chi connectivity index (χ1n) is 7.63. The van der Waals surface area contributed by atoms with Crippen molar-refractivity contribution in [1.82, 2.24) is 10.2 Å². The minimum absolute atomic E-state index is 0.0372. The highest BCUT2D eigenvalue weighted by molar-refractivity contribution is 6.30. The van der Waals surface area contributed by atoms with Crippen molar-refractivity contribution in [2.45, 2.75) is 31.2 Å². The summed E-state index contributed by atoms with van der Waals surface area (Å²) in [6.07, 6.45) is 1.19. The van der Waals surface area contributed by atoms with Crippen LogP contribution in [0.4, 0.5) is 0 Å². The van der Waals surface area contributed by atoms with Gasteiger partial charge in [0.05, 0.1) is 19.3 Å². The highest BCUT2D eigenvalue weighted by Crippen LogP contribution is 2.32. The van der Waals surface area contributed by atoms with Gasteiger partial charge in [-0.15, -0.1) is 0 Å². The van der Waals surface area contributed by atoms with E-state index in [1.807, 2.05) is 36.2 Å². The lowest BCUT2D eigenvalue weighted by molar-refractivity contribution is -0.127. The van der Waals surface area contributed by atoms with Crippen LogP contribution in [-0.4, -0.2) is 49.9 Å². The van der Waals surface area contributed by atoms with E-state index in [1.165, 1.54) is 0 Å². The Balaban J connectivity index is 1.63. The lowest BCUT2D eigenvalue weighted by atomic mass is 10.00. The fourth-order valence-corrected chi connectivity index (χ4v) is 3.25. The second-order valence-electron chi connectivity index (χ2n) is 5.73. The van der Waals surface area contributed by atoms with Gasteiger partial charge in [-0.05, 0) is 17.7 Å². The van der Waals surface area contributed by atoms with Crippen molar-refractivity contribution in [1.29, 1.82) is 0 Å². The number of carbonyl (C=O) groups is 1. The number of likely N-dealkylation sites (N-methyl/N-ethyl adjacent to an activating group) is 1. The molecule has 2 aliphatic heterocycles. The van der Waals surface area contributed by atoms with E-state index in [-0.39, 0.29) is 24.3 Å². The predicted molar refractivity (Wildman–Crippen MR) is 83.7 cm³/mol. The molecule has 2 saturated heterocycles. The molecule has 0 spiro atoms. The summed E-state index contributed by atoms with van der Waals surface area (Å²) in [5.74, 6) is 0.158. The minimum Gasteiger partial charge on any atom is -0.350 e. The summed E-state index contributed by atoms with van der Waals surface area (Å²) in [5.41, 5.74) is 1.10. The first-order chi connectivity index (χ1) is 10.6. The summed E-state index contributed by atoms with van der Waals surface area (Å²) in [4.78, 5) is 13.9. The molecule has 120 valence electrons. The molecule has 2 fully saturated rings. The fraction of sp³-hybridized carbons (Fsp3) is 0.562. The Labute approximate surface area is 135 Å². The van der Waals surface area contributed by atoms with Crippen LogP contribution in [0.15, 0.2) is 24.3 Å². The summed E-state index contributed by atoms with van der Waals surface area (Å²) < 4.78 is 10.9. The van der Waals surface area contributed by atoms with Gasteiger partial charge in [0.2, 0.25) is 5.91 Å². The van der Waals surface area contributed by atoms with Crippen LogP contribution in [0.5, 0.6) is 0 Å². The molecule has 0 unspecified atom stereocenters. The molecule has 0 aromatic heterocycles. The van der Waals surface area contributed by atoms with E-state index in [4.69, 9.17) is 21.1 Å². The van der Waals surface area contributed by atoms with E-state index in [9.17, 15) is 4.79 Å². The molecule has 2 heterocycles. The average molecular weight is 325 g/mol. The van der Waals surface area contributed by atoms with Crippen LogP contribution in [0.1, 0.15) is 24.4 Å². The smallest absolute Gasteiger partial charge is 0.224 e. The molecule has 1 amide bonds. The molecule has 5 nitrogen and oxygen atoms in total. The third-order valence-electron chi connectivity index (χ3n) is 4.28. The second-order valence-corrected chi connectivity index (χ2v) is 6.16. The zero-order valence-corrected chi connectivity index (χ0v) is 13.4. The van der Waals surface area contributed by atoms with Gasteiger partial charge in [-0.3, -0.25) is 4.79 Å². The van der Waals surface area contributed by atoms with Gasteiger partial charge in [0.1, 0.15) is 0 Å². The summed E-state index contributed by atoms with van der Waals surface area (Å²) in [6, 6.07) is 7.84. The van der Waals surface area contributed by atoms with Gasteiger partial charge < -0.3 is 19.7 Å². The van der Waals surface area contributed by atoms with E-state index < -0.39 is 0 Å². The Kier molecular flexibility index (Phi) is 4.98. The normalized spacial score (nSPS) is 26.1. The molecule has 0 saturated carbocycles. The maximum atomic E-state index is 12.1. The lowest BCUT2D eigenvalue weighted by Gasteiger charge is -2.26. The largest absolute Gasteiger partial charge is 0.350 e. The molecule has 0 radical (unpaired) electrons. The van der Waals surface area contributed by atoms with Crippen molar-refractivity contribution in [3.05, 3.63) is 34.9 Å². The molecule has 0 aliphatic carbocycles. The molecule has 22 heavy (non-hydrogen) atoms. The van der Waals surface area contributed by atoms with Gasteiger partial charge in [-0.2, -0.15) is 0 Å². The van der Waals surface area contributed by atoms with Crippen molar-refractivity contribution < 1.29 is 14.3 Å². The van der Waals surface area contributed by atoms with Crippen molar-refractivity contribution >= 4 is 17.5 Å². The standard InChI is InChI=1S/C16H21ClN2O3/c1-19-14(20)10-13(18-7-6-15-21-8-9-22-15)16(19)11-2-4-12(17)5-3-11/h2-5,13,15-16,18H,6-10H2,1H3/t13-,16-/m1/s1. The summed E-state index contributed by atoms with van der Waals surface area (Å²) in [6.45, 7) is 2.10. The first-order valence-corrected chi connectivity index (χ1v) is 8.00. The van der Waals surface area contributed by atoms with Crippen LogP contribution >= 0.6 is 11.6 Å². The number of ether oxygens (including phenoxy) is 2. The number of nitrogens with zero attached hydrogens (tertiary/aromatic N) is 1. The Hall–Kier alpha value is -1.14. The van der Waals surface area contributed by atoms with Crippen molar-refractivity contribution in [2.75, 3.05) is 26.8 Å². The number of benzene rings is 1. The van der Waals surface area contributed by atoms with Crippen molar-refractivity contribution in [3.63, 3.8) is 0 Å².